The number of nitrogens with one attached hydrogen (secondary N) is 3. The molecule has 3 heterocycles. The molecule has 44 heavy (non-hydrogen) atoms. The number of likely N-dealkylation sites (N-methyl/N-ethyl adjacent to an activating group) is 1. The van der Waals surface area contributed by atoms with Crippen molar-refractivity contribution in [1.29, 1.82) is 0 Å². The maximum absolute atomic E-state index is 13.7. The molecule has 3 unspecified atom stereocenters. The van der Waals surface area contributed by atoms with Gasteiger partial charge in [-0.05, 0) is 12.5 Å². The average Bonchev–Trinajstić information content (AvgIpc) is 2.99. The van der Waals surface area contributed by atoms with E-state index in [9.17, 15) is 47.7 Å². The maximum atomic E-state index is 13.7. The molecule has 0 saturated carbocycles. The van der Waals surface area contributed by atoms with Gasteiger partial charge in [0.15, 0.2) is 6.04 Å². The van der Waals surface area contributed by atoms with Crippen molar-refractivity contribution in [2.75, 3.05) is 32.0 Å². The average molecular weight is 633 g/mol. The van der Waals surface area contributed by atoms with E-state index in [-0.39, 0.29) is 37.2 Å². The van der Waals surface area contributed by atoms with E-state index in [2.05, 4.69) is 16.0 Å². The number of piperazine rings is 1. The number of urea groups is 1. The van der Waals surface area contributed by atoms with Crippen molar-refractivity contribution in [3.8, 4) is 0 Å². The minimum Gasteiger partial charge on any atom is -0.477 e. The summed E-state index contributed by atoms with van der Waals surface area (Å²) in [5.74, 6) is -7.04. The molecule has 4 N–H and O–H groups in total. The molecule has 0 radical (unpaired) electrons. The Kier molecular flexibility index (Phi) is 9.12. The van der Waals surface area contributed by atoms with Crippen LogP contribution in [-0.2, 0) is 49.1 Å². The minimum absolute atomic E-state index is 0.0771. The molecule has 17 nitrogen and oxygen atoms in total. The Morgan fingerprint density at radius 2 is 1.82 bits per heavy atom. The van der Waals surface area contributed by atoms with Gasteiger partial charge >= 0.3 is 29.8 Å². The van der Waals surface area contributed by atoms with Crippen molar-refractivity contribution in [2.45, 2.75) is 30.9 Å². The van der Waals surface area contributed by atoms with Gasteiger partial charge in [-0.25, -0.2) is 9.59 Å². The fourth-order valence-electron chi connectivity index (χ4n) is 5.07. The van der Waals surface area contributed by atoms with Crippen molar-refractivity contribution in [3.05, 3.63) is 47.2 Å². The van der Waals surface area contributed by atoms with E-state index in [4.69, 9.17) is 4.74 Å². The number of imide groups is 1. The molecule has 1 aromatic rings. The highest BCUT2D eigenvalue weighted by molar-refractivity contribution is 7.86. The molecule has 2 fully saturated rings. The SMILES string of the molecule is CCN1CCN(C(=O)NC(C(=O)N[C@H]2C(=O)N3C(C(=O)O)=C(COC(C)=O)CS(=O)C23NC=O)c2ccccc2)C(=O)C1=O. The van der Waals surface area contributed by atoms with Gasteiger partial charge in [0.05, 0.1) is 16.6 Å². The predicted molar refractivity (Wildman–Crippen MR) is 147 cm³/mol. The van der Waals surface area contributed by atoms with Crippen LogP contribution in [0.3, 0.4) is 0 Å². The van der Waals surface area contributed by atoms with E-state index in [0.29, 0.717) is 9.80 Å². The molecule has 4 rings (SSSR count). The van der Waals surface area contributed by atoms with Crippen LogP contribution in [-0.4, -0.2) is 115 Å². The van der Waals surface area contributed by atoms with Gasteiger partial charge in [-0.3, -0.25) is 42.8 Å². The van der Waals surface area contributed by atoms with E-state index < -0.39 is 87.5 Å². The Balaban J connectivity index is 1.64. The van der Waals surface area contributed by atoms with Crippen LogP contribution >= 0.6 is 0 Å². The van der Waals surface area contributed by atoms with E-state index in [1.807, 2.05) is 0 Å². The lowest BCUT2D eigenvalue weighted by Gasteiger charge is -2.57. The number of ether oxygens (including phenoxy) is 1. The lowest BCUT2D eigenvalue weighted by Crippen LogP contribution is -2.87. The highest BCUT2D eigenvalue weighted by atomic mass is 32.2. The second kappa shape index (κ2) is 12.6. The Morgan fingerprint density at radius 1 is 1.14 bits per heavy atom. The first-order valence-electron chi connectivity index (χ1n) is 13.2. The third kappa shape index (κ3) is 5.50. The Hall–Kier alpha value is -5.13. The van der Waals surface area contributed by atoms with Crippen LogP contribution in [0.15, 0.2) is 41.6 Å². The van der Waals surface area contributed by atoms with Gasteiger partial charge in [-0.15, -0.1) is 0 Å². The van der Waals surface area contributed by atoms with Gasteiger partial charge in [-0.1, -0.05) is 30.3 Å². The maximum Gasteiger partial charge on any atom is 0.352 e. The number of carboxylic acids is 1. The number of benzene rings is 1. The summed E-state index contributed by atoms with van der Waals surface area (Å²) in [5.41, 5.74) is -0.646. The third-order valence-electron chi connectivity index (χ3n) is 7.20. The number of fused-ring (bicyclic) bond motifs is 1. The number of hydrogen-bond acceptors (Lipinski definition) is 10. The van der Waals surface area contributed by atoms with Crippen LogP contribution in [0.1, 0.15) is 25.5 Å². The fourth-order valence-corrected chi connectivity index (χ4v) is 6.82. The molecule has 234 valence electrons. The quantitative estimate of drug-likeness (QED) is 0.0913. The first-order chi connectivity index (χ1) is 20.9. The zero-order valence-corrected chi connectivity index (χ0v) is 24.3. The number of β-lactam (4-membered cyclic amide) rings is 1. The monoisotopic (exact) mass is 632 g/mol. The number of esters is 1. The highest BCUT2D eigenvalue weighted by Crippen LogP contribution is 2.42. The second-order valence-electron chi connectivity index (χ2n) is 9.74. The Morgan fingerprint density at radius 3 is 2.41 bits per heavy atom. The summed E-state index contributed by atoms with van der Waals surface area (Å²) in [5, 5.41) is 16.8. The van der Waals surface area contributed by atoms with Gasteiger partial charge in [-0.2, -0.15) is 0 Å². The zero-order valence-electron chi connectivity index (χ0n) is 23.4. The van der Waals surface area contributed by atoms with Crippen molar-refractivity contribution in [2.24, 2.45) is 0 Å². The molecule has 3 aliphatic heterocycles. The standard InChI is InChI=1S/C26H28N6O11S/c1-3-30-9-10-31(23(38)22(30)37)25(41)28-17(15-7-5-4-6-8-15)20(35)29-19-21(36)32-18(24(39)40)16(11-43-14(2)34)12-44(42)26(19,32)27-13-33/h4-8,13,17,19H,3,9-12H2,1-2H3,(H,27,33)(H,28,41)(H,29,35)(H,39,40)/t17?,19-,26?,44?/m0/s1. The van der Waals surface area contributed by atoms with Crippen molar-refractivity contribution in [3.63, 3.8) is 0 Å². The van der Waals surface area contributed by atoms with Crippen LogP contribution in [0.2, 0.25) is 0 Å². The van der Waals surface area contributed by atoms with E-state index in [1.54, 1.807) is 25.1 Å². The molecule has 0 bridgehead atoms. The molecule has 3 aliphatic rings. The summed E-state index contributed by atoms with van der Waals surface area (Å²) in [4.78, 5) is 100. The van der Waals surface area contributed by atoms with Crippen LogP contribution in [0, 0.1) is 0 Å². The summed E-state index contributed by atoms with van der Waals surface area (Å²) >= 11 is 0. The second-order valence-corrected chi connectivity index (χ2v) is 11.3. The number of rotatable bonds is 10. The molecule has 2 saturated heterocycles. The van der Waals surface area contributed by atoms with Gasteiger partial charge in [0.1, 0.15) is 18.3 Å². The predicted octanol–water partition coefficient (Wildman–Crippen LogP) is -2.48. The third-order valence-corrected chi connectivity index (χ3v) is 9.05. The summed E-state index contributed by atoms with van der Waals surface area (Å²) in [7, 11) is -2.27. The largest absolute Gasteiger partial charge is 0.477 e. The molecule has 7 amide bonds. The number of hydrogen-bond donors (Lipinski definition) is 4. The van der Waals surface area contributed by atoms with Gasteiger partial charge in [0.2, 0.25) is 17.3 Å². The topological polar surface area (TPSA) is 229 Å². The van der Waals surface area contributed by atoms with Gasteiger partial charge in [0.25, 0.3) is 5.91 Å². The molecule has 18 heteroatoms. The number of carbonyl (C=O) groups is 8. The van der Waals surface area contributed by atoms with Crippen LogP contribution < -0.4 is 16.0 Å². The number of carboxylic acid groups (broad SMARTS) is 1. The summed E-state index contributed by atoms with van der Waals surface area (Å²) < 4.78 is 18.3. The Labute approximate surface area is 252 Å². The lowest BCUT2D eigenvalue weighted by atomic mass is 9.96. The van der Waals surface area contributed by atoms with Crippen molar-refractivity contribution in [1.82, 2.24) is 30.7 Å². The molecular weight excluding hydrogens is 604 g/mol. The van der Waals surface area contributed by atoms with E-state index >= 15 is 0 Å². The number of aliphatic carboxylic acids is 1. The van der Waals surface area contributed by atoms with Crippen LogP contribution in [0.4, 0.5) is 4.79 Å². The lowest BCUT2D eigenvalue weighted by molar-refractivity contribution is -0.161. The van der Waals surface area contributed by atoms with Crippen LogP contribution in [0.25, 0.3) is 0 Å². The summed E-state index contributed by atoms with van der Waals surface area (Å²) in [6.07, 6.45) is 0.0854. The van der Waals surface area contributed by atoms with Gasteiger partial charge in [0, 0.05) is 32.1 Å². The minimum atomic E-state index is -2.27. The summed E-state index contributed by atoms with van der Waals surface area (Å²) in [6.45, 7) is 2.34. The van der Waals surface area contributed by atoms with Gasteiger partial charge < -0.3 is 30.7 Å². The fraction of sp³-hybridized carbons (Fsp3) is 0.385. The first-order valence-corrected chi connectivity index (χ1v) is 14.5. The number of amides is 7. The molecule has 1 aromatic carbocycles. The van der Waals surface area contributed by atoms with Crippen LogP contribution in [0.5, 0.6) is 0 Å². The molecule has 0 aromatic heterocycles. The normalized spacial score (nSPS) is 23.7. The number of nitrogens with zero attached hydrogens (tertiary/aromatic N) is 3. The molecule has 0 spiro atoms. The summed E-state index contributed by atoms with van der Waals surface area (Å²) in [6, 6.07) is 3.26. The zero-order chi connectivity index (χ0) is 32.3. The number of carbonyl (C=O) groups excluding carboxylic acids is 7. The molecule has 0 aliphatic carbocycles. The first kappa shape index (κ1) is 31.8. The van der Waals surface area contributed by atoms with Crippen molar-refractivity contribution >= 4 is 58.8 Å². The molecular formula is C26H28N6O11S. The van der Waals surface area contributed by atoms with Crippen molar-refractivity contribution < 1.29 is 52.4 Å². The van der Waals surface area contributed by atoms with E-state index in [1.165, 1.54) is 17.0 Å². The molecule has 4 atom stereocenters. The van der Waals surface area contributed by atoms with E-state index in [0.717, 1.165) is 6.92 Å². The highest BCUT2D eigenvalue weighted by Gasteiger charge is 2.69. The smallest absolute Gasteiger partial charge is 0.352 e. The Bertz CT molecular complexity index is 1500.